The van der Waals surface area contributed by atoms with Crippen molar-refractivity contribution < 1.29 is 9.59 Å². The van der Waals surface area contributed by atoms with Crippen molar-refractivity contribution in [2.45, 2.75) is 13.3 Å². The minimum Gasteiger partial charge on any atom is -0.314 e. The Morgan fingerprint density at radius 3 is 2.93 bits per heavy atom. The molecule has 0 fully saturated rings. The van der Waals surface area contributed by atoms with Gasteiger partial charge in [-0.1, -0.05) is 0 Å². The standard InChI is InChI=1S/C11H11NO2/c1-8(14)9-2-3-11-10(6-9)4-5-12(11)7-13/h2-3,6-7H,4-5H2,1H3. The van der Waals surface area contributed by atoms with Gasteiger partial charge in [-0.3, -0.25) is 9.59 Å². The van der Waals surface area contributed by atoms with Gasteiger partial charge in [0, 0.05) is 17.8 Å². The van der Waals surface area contributed by atoms with Crippen LogP contribution in [0, 0.1) is 0 Å². The maximum atomic E-state index is 11.1. The number of carbonyl (C=O) groups is 2. The Morgan fingerprint density at radius 1 is 1.50 bits per heavy atom. The molecule has 1 heterocycles. The van der Waals surface area contributed by atoms with E-state index in [1.807, 2.05) is 12.1 Å². The molecule has 72 valence electrons. The maximum absolute atomic E-state index is 11.1. The molecule has 1 aromatic carbocycles. The first-order valence-electron chi connectivity index (χ1n) is 4.58. The van der Waals surface area contributed by atoms with Crippen LogP contribution in [-0.2, 0) is 11.2 Å². The molecule has 0 saturated heterocycles. The molecule has 0 spiro atoms. The van der Waals surface area contributed by atoms with Crippen LogP contribution in [0.15, 0.2) is 18.2 Å². The Bertz CT molecular complexity index is 398. The number of amides is 1. The van der Waals surface area contributed by atoms with Crippen LogP contribution in [0.4, 0.5) is 5.69 Å². The van der Waals surface area contributed by atoms with E-state index in [2.05, 4.69) is 0 Å². The predicted octanol–water partition coefficient (Wildman–Crippen LogP) is 1.41. The van der Waals surface area contributed by atoms with Crippen LogP contribution in [0.1, 0.15) is 22.8 Å². The van der Waals surface area contributed by atoms with E-state index in [1.165, 1.54) is 0 Å². The number of benzene rings is 1. The molecular formula is C11H11NO2. The number of ketones is 1. The lowest BCUT2D eigenvalue weighted by atomic mass is 10.1. The van der Waals surface area contributed by atoms with Crippen molar-refractivity contribution in [3.05, 3.63) is 29.3 Å². The fraction of sp³-hybridized carbons (Fsp3) is 0.273. The van der Waals surface area contributed by atoms with E-state index in [9.17, 15) is 9.59 Å². The second-order valence-electron chi connectivity index (χ2n) is 3.45. The summed E-state index contributed by atoms with van der Waals surface area (Å²) in [6, 6.07) is 5.48. The summed E-state index contributed by atoms with van der Waals surface area (Å²) in [7, 11) is 0. The maximum Gasteiger partial charge on any atom is 0.214 e. The monoisotopic (exact) mass is 189 g/mol. The molecule has 3 nitrogen and oxygen atoms in total. The smallest absolute Gasteiger partial charge is 0.214 e. The molecule has 0 saturated carbocycles. The van der Waals surface area contributed by atoms with E-state index in [4.69, 9.17) is 0 Å². The first kappa shape index (κ1) is 8.94. The van der Waals surface area contributed by atoms with E-state index in [0.717, 1.165) is 36.2 Å². The largest absolute Gasteiger partial charge is 0.314 e. The summed E-state index contributed by atoms with van der Waals surface area (Å²) in [5.74, 6) is 0.0670. The Labute approximate surface area is 82.3 Å². The lowest BCUT2D eigenvalue weighted by Gasteiger charge is -2.09. The molecule has 0 aromatic heterocycles. The van der Waals surface area contributed by atoms with Crippen LogP contribution in [-0.4, -0.2) is 18.7 Å². The van der Waals surface area contributed by atoms with Gasteiger partial charge in [0.25, 0.3) is 0 Å². The first-order chi connectivity index (χ1) is 6.72. The molecule has 1 aromatic rings. The molecule has 1 amide bonds. The summed E-state index contributed by atoms with van der Waals surface area (Å²) < 4.78 is 0. The summed E-state index contributed by atoms with van der Waals surface area (Å²) in [6.07, 6.45) is 1.68. The zero-order chi connectivity index (χ0) is 10.1. The number of nitrogens with zero attached hydrogens (tertiary/aromatic N) is 1. The minimum atomic E-state index is 0.0670. The first-order valence-corrected chi connectivity index (χ1v) is 4.58. The van der Waals surface area contributed by atoms with Gasteiger partial charge in [-0.25, -0.2) is 0 Å². The van der Waals surface area contributed by atoms with Crippen LogP contribution >= 0.6 is 0 Å². The third-order valence-corrected chi connectivity index (χ3v) is 2.54. The number of anilines is 1. The van der Waals surface area contributed by atoms with Gasteiger partial charge in [-0.2, -0.15) is 0 Å². The topological polar surface area (TPSA) is 37.4 Å². The van der Waals surface area contributed by atoms with E-state index in [0.29, 0.717) is 0 Å². The van der Waals surface area contributed by atoms with E-state index < -0.39 is 0 Å². The Kier molecular flexibility index (Phi) is 2.08. The molecule has 1 aliphatic rings. The van der Waals surface area contributed by atoms with Crippen molar-refractivity contribution in [1.29, 1.82) is 0 Å². The molecule has 1 aliphatic heterocycles. The lowest BCUT2D eigenvalue weighted by Crippen LogP contribution is -2.17. The normalized spacial score (nSPS) is 13.9. The molecule has 0 unspecified atom stereocenters. The average Bonchev–Trinajstić information content (AvgIpc) is 2.59. The molecule has 0 bridgehead atoms. The third kappa shape index (κ3) is 1.31. The molecule has 14 heavy (non-hydrogen) atoms. The Balaban J connectivity index is 2.43. The highest BCUT2D eigenvalue weighted by molar-refractivity contribution is 5.95. The number of carbonyl (C=O) groups excluding carboxylic acids is 2. The van der Waals surface area contributed by atoms with Crippen LogP contribution in [0.2, 0.25) is 0 Å². The second-order valence-corrected chi connectivity index (χ2v) is 3.45. The fourth-order valence-corrected chi connectivity index (χ4v) is 1.76. The molecular weight excluding hydrogens is 178 g/mol. The number of fused-ring (bicyclic) bond motifs is 1. The SMILES string of the molecule is CC(=O)c1ccc2c(c1)CCN2C=O. The zero-order valence-corrected chi connectivity index (χ0v) is 7.99. The number of hydrogen-bond acceptors (Lipinski definition) is 2. The Morgan fingerprint density at radius 2 is 2.29 bits per heavy atom. The second kappa shape index (κ2) is 3.25. The molecule has 0 N–H and O–H groups in total. The number of hydrogen-bond donors (Lipinski definition) is 0. The summed E-state index contributed by atoms with van der Waals surface area (Å²) in [5.41, 5.74) is 2.74. The van der Waals surface area contributed by atoms with Gasteiger partial charge >= 0.3 is 0 Å². The van der Waals surface area contributed by atoms with Gasteiger partial charge in [0.15, 0.2) is 5.78 Å². The van der Waals surface area contributed by atoms with Crippen molar-refractivity contribution in [3.63, 3.8) is 0 Å². The summed E-state index contributed by atoms with van der Waals surface area (Å²) in [4.78, 5) is 23.4. The number of Topliss-reactive ketones (excluding diaryl/α,β-unsaturated/α-hetero) is 1. The molecule has 3 heteroatoms. The molecule has 0 atom stereocenters. The lowest BCUT2D eigenvalue weighted by molar-refractivity contribution is -0.107. The summed E-state index contributed by atoms with van der Waals surface area (Å²) in [5, 5.41) is 0. The van der Waals surface area contributed by atoms with Crippen molar-refractivity contribution >= 4 is 17.9 Å². The highest BCUT2D eigenvalue weighted by Gasteiger charge is 2.18. The van der Waals surface area contributed by atoms with Gasteiger partial charge in [0.1, 0.15) is 0 Å². The summed E-state index contributed by atoms with van der Waals surface area (Å²) >= 11 is 0. The molecule has 0 radical (unpaired) electrons. The van der Waals surface area contributed by atoms with Gasteiger partial charge in [0.05, 0.1) is 0 Å². The van der Waals surface area contributed by atoms with Crippen molar-refractivity contribution in [2.75, 3.05) is 11.4 Å². The Hall–Kier alpha value is -1.64. The quantitative estimate of drug-likeness (QED) is 0.521. The van der Waals surface area contributed by atoms with Gasteiger partial charge in [-0.15, -0.1) is 0 Å². The van der Waals surface area contributed by atoms with Crippen LogP contribution in [0.5, 0.6) is 0 Å². The zero-order valence-electron chi connectivity index (χ0n) is 7.99. The fourth-order valence-electron chi connectivity index (χ4n) is 1.76. The predicted molar refractivity (Wildman–Crippen MR) is 53.6 cm³/mol. The number of rotatable bonds is 2. The van der Waals surface area contributed by atoms with E-state index in [1.54, 1.807) is 17.9 Å². The minimum absolute atomic E-state index is 0.0670. The van der Waals surface area contributed by atoms with E-state index >= 15 is 0 Å². The van der Waals surface area contributed by atoms with Crippen LogP contribution < -0.4 is 4.90 Å². The molecule has 0 aliphatic carbocycles. The van der Waals surface area contributed by atoms with Crippen LogP contribution in [0.3, 0.4) is 0 Å². The summed E-state index contributed by atoms with van der Waals surface area (Å²) in [6.45, 7) is 2.27. The van der Waals surface area contributed by atoms with E-state index in [-0.39, 0.29) is 5.78 Å². The van der Waals surface area contributed by atoms with Gasteiger partial charge in [0.2, 0.25) is 6.41 Å². The van der Waals surface area contributed by atoms with Crippen molar-refractivity contribution in [2.24, 2.45) is 0 Å². The average molecular weight is 189 g/mol. The molecule has 2 rings (SSSR count). The van der Waals surface area contributed by atoms with Crippen molar-refractivity contribution in [1.82, 2.24) is 0 Å². The highest BCUT2D eigenvalue weighted by Crippen LogP contribution is 2.27. The van der Waals surface area contributed by atoms with Gasteiger partial charge in [-0.05, 0) is 37.1 Å². The third-order valence-electron chi connectivity index (χ3n) is 2.54. The van der Waals surface area contributed by atoms with Crippen molar-refractivity contribution in [3.8, 4) is 0 Å². The van der Waals surface area contributed by atoms with Crippen LogP contribution in [0.25, 0.3) is 0 Å². The van der Waals surface area contributed by atoms with Gasteiger partial charge < -0.3 is 4.90 Å². The highest BCUT2D eigenvalue weighted by atomic mass is 16.1.